The smallest absolute Gasteiger partial charge is 0.220 e. The maximum Gasteiger partial charge on any atom is 0.220 e. The van der Waals surface area contributed by atoms with E-state index in [2.05, 4.69) is 31.3 Å². The van der Waals surface area contributed by atoms with Gasteiger partial charge in [0, 0.05) is 6.42 Å². The van der Waals surface area contributed by atoms with Gasteiger partial charge in [0.15, 0.2) is 12.6 Å². The van der Waals surface area contributed by atoms with Gasteiger partial charge in [-0.15, -0.1) is 0 Å². The lowest BCUT2D eigenvalue weighted by Crippen LogP contribution is -2.65. The zero-order valence-corrected chi connectivity index (χ0v) is 49.7. The van der Waals surface area contributed by atoms with Crippen LogP contribution in [0.1, 0.15) is 284 Å². The van der Waals surface area contributed by atoms with Crippen LogP contribution in [-0.4, -0.2) is 140 Å². The Morgan fingerprint density at radius 1 is 0.449 bits per heavy atom. The van der Waals surface area contributed by atoms with Crippen molar-refractivity contribution < 1.29 is 64.6 Å². The zero-order valence-electron chi connectivity index (χ0n) is 49.7. The van der Waals surface area contributed by atoms with E-state index >= 15 is 0 Å². The van der Waals surface area contributed by atoms with Crippen molar-refractivity contribution in [1.82, 2.24) is 5.32 Å². The summed E-state index contributed by atoms with van der Waals surface area (Å²) < 4.78 is 22.8. The Bertz CT molecular complexity index is 1400. The van der Waals surface area contributed by atoms with Crippen molar-refractivity contribution in [1.29, 1.82) is 0 Å². The molecule has 2 aliphatic heterocycles. The van der Waals surface area contributed by atoms with E-state index in [9.17, 15) is 45.6 Å². The second-order valence-corrected chi connectivity index (χ2v) is 23.2. The highest BCUT2D eigenvalue weighted by molar-refractivity contribution is 5.76. The van der Waals surface area contributed by atoms with Gasteiger partial charge < -0.3 is 65.1 Å². The van der Waals surface area contributed by atoms with Crippen molar-refractivity contribution in [2.75, 3.05) is 19.8 Å². The predicted molar refractivity (Wildman–Crippen MR) is 314 cm³/mol. The first-order valence-electron chi connectivity index (χ1n) is 32.6. The first-order valence-corrected chi connectivity index (χ1v) is 32.6. The second-order valence-electron chi connectivity index (χ2n) is 23.2. The number of aliphatic hydroxyl groups excluding tert-OH is 8. The third-order valence-corrected chi connectivity index (χ3v) is 16.1. The standard InChI is InChI=1S/C64H121NO13/c1-3-5-7-9-11-13-15-17-19-21-23-25-26-28-29-31-33-35-37-39-41-43-45-47-53(68)52(51-75-63-61(74)59(72)62(55(50-67)77-63)78-64-60(73)58(71)57(70)54(49-66)76-64)65-56(69)48-46-44-42-40-38-36-34-32-30-27-24-22-20-18-16-14-12-10-8-6-4-2/h22,24,45,47,52-55,57-64,66-68,70-74H,3-21,23,25-44,46,48-51H2,1-2H3,(H,65,69)/b24-22-,47-45+. The van der Waals surface area contributed by atoms with Crippen molar-refractivity contribution in [3.63, 3.8) is 0 Å². The van der Waals surface area contributed by atoms with Gasteiger partial charge in [-0.1, -0.05) is 256 Å². The predicted octanol–water partition coefficient (Wildman–Crippen LogP) is 12.0. The van der Waals surface area contributed by atoms with Gasteiger partial charge in [0.05, 0.1) is 32.0 Å². The lowest BCUT2D eigenvalue weighted by Gasteiger charge is -2.46. The highest BCUT2D eigenvalue weighted by Crippen LogP contribution is 2.30. The van der Waals surface area contributed by atoms with Gasteiger partial charge in [0.2, 0.25) is 5.91 Å². The molecule has 2 heterocycles. The summed E-state index contributed by atoms with van der Waals surface area (Å²) in [6.07, 6.45) is 43.6. The molecule has 78 heavy (non-hydrogen) atoms. The first-order chi connectivity index (χ1) is 38.1. The van der Waals surface area contributed by atoms with Crippen LogP contribution < -0.4 is 5.32 Å². The molecule has 2 fully saturated rings. The van der Waals surface area contributed by atoms with Gasteiger partial charge >= 0.3 is 0 Å². The summed E-state index contributed by atoms with van der Waals surface area (Å²) in [7, 11) is 0. The maximum absolute atomic E-state index is 13.3. The number of rotatable bonds is 53. The molecule has 12 unspecified atom stereocenters. The molecule has 460 valence electrons. The van der Waals surface area contributed by atoms with Gasteiger partial charge in [0.25, 0.3) is 0 Å². The average molecular weight is 1110 g/mol. The molecule has 0 bridgehead atoms. The van der Waals surface area contributed by atoms with Crippen molar-refractivity contribution in [2.24, 2.45) is 0 Å². The van der Waals surface area contributed by atoms with Gasteiger partial charge in [-0.05, 0) is 44.9 Å². The van der Waals surface area contributed by atoms with E-state index in [0.29, 0.717) is 6.42 Å². The van der Waals surface area contributed by atoms with E-state index in [1.807, 2.05) is 6.08 Å². The molecule has 0 saturated carbocycles. The molecule has 0 spiro atoms. The molecule has 2 rings (SSSR count). The van der Waals surface area contributed by atoms with Crippen LogP contribution in [0.5, 0.6) is 0 Å². The zero-order chi connectivity index (χ0) is 56.7. The van der Waals surface area contributed by atoms with Gasteiger partial charge in [-0.2, -0.15) is 0 Å². The van der Waals surface area contributed by atoms with Crippen LogP contribution in [0.4, 0.5) is 0 Å². The van der Waals surface area contributed by atoms with E-state index < -0.39 is 86.8 Å². The number of unbranched alkanes of at least 4 members (excludes halogenated alkanes) is 38. The number of aliphatic hydroxyl groups is 8. The largest absolute Gasteiger partial charge is 0.394 e. The molecule has 9 N–H and O–H groups in total. The molecular weight excluding hydrogens is 991 g/mol. The van der Waals surface area contributed by atoms with E-state index in [1.54, 1.807) is 6.08 Å². The Morgan fingerprint density at radius 2 is 0.808 bits per heavy atom. The SMILES string of the molecule is CCCCCCCCCC/C=C\CCCCCCCCCCCC(=O)NC(COC1OC(CO)C(OC2OC(CO)C(O)C(O)C2O)C(O)C1O)C(O)/C=C/CCCCCCCCCCCCCCCCCCCCCCC. The minimum atomic E-state index is -1.79. The highest BCUT2D eigenvalue weighted by Gasteiger charge is 2.51. The van der Waals surface area contributed by atoms with E-state index in [4.69, 9.17) is 18.9 Å². The fourth-order valence-electron chi connectivity index (χ4n) is 10.9. The summed E-state index contributed by atoms with van der Waals surface area (Å²) >= 11 is 0. The molecule has 0 radical (unpaired) electrons. The quantitative estimate of drug-likeness (QED) is 0.0204. The summed E-state index contributed by atoms with van der Waals surface area (Å²) in [6, 6.07) is -0.914. The van der Waals surface area contributed by atoms with E-state index in [0.717, 1.165) is 38.5 Å². The first kappa shape index (κ1) is 72.6. The minimum absolute atomic E-state index is 0.237. The van der Waals surface area contributed by atoms with Gasteiger partial charge in [-0.3, -0.25) is 4.79 Å². The Labute approximate surface area is 475 Å². The van der Waals surface area contributed by atoms with Crippen LogP contribution >= 0.6 is 0 Å². The number of carbonyl (C=O) groups excluding carboxylic acids is 1. The molecule has 14 heteroatoms. The van der Waals surface area contributed by atoms with Crippen molar-refractivity contribution in [3.05, 3.63) is 24.3 Å². The molecule has 0 aromatic heterocycles. The van der Waals surface area contributed by atoms with E-state index in [1.165, 1.54) is 218 Å². The van der Waals surface area contributed by atoms with Crippen LogP contribution in [0, 0.1) is 0 Å². The fraction of sp³-hybridized carbons (Fsp3) is 0.922. The summed E-state index contributed by atoms with van der Waals surface area (Å²) in [4.78, 5) is 13.3. The molecule has 2 aliphatic rings. The van der Waals surface area contributed by atoms with Crippen molar-refractivity contribution >= 4 is 5.91 Å². The van der Waals surface area contributed by atoms with Crippen LogP contribution in [0.25, 0.3) is 0 Å². The number of amides is 1. The second kappa shape index (κ2) is 50.0. The molecule has 2 saturated heterocycles. The molecule has 12 atom stereocenters. The van der Waals surface area contributed by atoms with Gasteiger partial charge in [0.1, 0.15) is 48.8 Å². The summed E-state index contributed by atoms with van der Waals surface area (Å²) in [6.45, 7) is 2.84. The third-order valence-electron chi connectivity index (χ3n) is 16.1. The number of hydrogen-bond donors (Lipinski definition) is 9. The monoisotopic (exact) mass is 1110 g/mol. The minimum Gasteiger partial charge on any atom is -0.394 e. The fourth-order valence-corrected chi connectivity index (χ4v) is 10.9. The lowest BCUT2D eigenvalue weighted by atomic mass is 9.97. The number of nitrogens with one attached hydrogen (secondary N) is 1. The Kier molecular flexibility index (Phi) is 46.5. The van der Waals surface area contributed by atoms with Crippen LogP contribution in [0.2, 0.25) is 0 Å². The molecule has 0 aromatic rings. The maximum atomic E-state index is 13.3. The molecular formula is C64H121NO13. The summed E-state index contributed by atoms with van der Waals surface area (Å²) in [5.74, 6) is -0.237. The summed E-state index contributed by atoms with van der Waals surface area (Å²) in [5.41, 5.74) is 0. The highest BCUT2D eigenvalue weighted by atomic mass is 16.7. The Balaban J connectivity index is 1.73. The average Bonchev–Trinajstić information content (AvgIpc) is 3.48. The van der Waals surface area contributed by atoms with Crippen LogP contribution in [-0.2, 0) is 23.7 Å². The lowest BCUT2D eigenvalue weighted by molar-refractivity contribution is -0.359. The van der Waals surface area contributed by atoms with Gasteiger partial charge in [-0.25, -0.2) is 0 Å². The van der Waals surface area contributed by atoms with E-state index in [-0.39, 0.29) is 18.9 Å². The normalized spacial score (nSPS) is 24.6. The molecule has 1 amide bonds. The Morgan fingerprint density at radius 3 is 1.22 bits per heavy atom. The van der Waals surface area contributed by atoms with Crippen molar-refractivity contribution in [2.45, 2.75) is 357 Å². The third kappa shape index (κ3) is 34.8. The topological polar surface area (TPSA) is 228 Å². The molecule has 0 aliphatic carbocycles. The molecule has 0 aromatic carbocycles. The van der Waals surface area contributed by atoms with Crippen molar-refractivity contribution in [3.8, 4) is 0 Å². The van der Waals surface area contributed by atoms with Crippen LogP contribution in [0.3, 0.4) is 0 Å². The number of ether oxygens (including phenoxy) is 4. The Hall–Kier alpha value is -1.53. The van der Waals surface area contributed by atoms with Crippen LogP contribution in [0.15, 0.2) is 24.3 Å². The summed E-state index contributed by atoms with van der Waals surface area (Å²) in [5, 5.41) is 87.3. The molecule has 14 nitrogen and oxygen atoms in total. The number of carbonyl (C=O) groups is 1. The number of hydrogen-bond acceptors (Lipinski definition) is 13. The number of allylic oxidation sites excluding steroid dienone is 3.